The average molecular weight is 322 g/mol. The lowest BCUT2D eigenvalue weighted by Crippen LogP contribution is -2.13. The molecule has 0 fully saturated rings. The summed E-state index contributed by atoms with van der Waals surface area (Å²) in [5.41, 5.74) is 0.378. The topological polar surface area (TPSA) is 79.3 Å². The molecule has 1 amide bonds. The van der Waals surface area contributed by atoms with Crippen molar-refractivity contribution in [3.05, 3.63) is 45.2 Å². The van der Waals surface area contributed by atoms with E-state index in [4.69, 9.17) is 5.11 Å². The van der Waals surface area contributed by atoms with Crippen LogP contribution in [0.5, 0.6) is 0 Å². The van der Waals surface area contributed by atoms with Crippen molar-refractivity contribution in [3.8, 4) is 0 Å². The number of rotatable bonds is 5. The van der Waals surface area contributed by atoms with Crippen LogP contribution in [0.15, 0.2) is 18.2 Å². The van der Waals surface area contributed by atoms with Gasteiger partial charge in [-0.15, -0.1) is 11.3 Å². The fourth-order valence-corrected chi connectivity index (χ4v) is 2.97. The molecule has 116 valence electrons. The second-order valence-electron chi connectivity index (χ2n) is 4.73. The Morgan fingerprint density at radius 2 is 2.14 bits per heavy atom. The first kappa shape index (κ1) is 16.1. The molecule has 0 saturated carbocycles. The molecule has 1 aromatic heterocycles. The molecule has 0 unspecified atom stereocenters. The number of aryl methyl sites for hydroxylation is 2. The van der Waals surface area contributed by atoms with Gasteiger partial charge in [-0.25, -0.2) is 14.2 Å². The molecule has 1 heterocycles. The number of carbonyl (C=O) groups is 2. The second-order valence-corrected chi connectivity index (χ2v) is 5.81. The van der Waals surface area contributed by atoms with Gasteiger partial charge in [-0.1, -0.05) is 6.92 Å². The van der Waals surface area contributed by atoms with Crippen molar-refractivity contribution in [2.75, 3.05) is 5.32 Å². The minimum Gasteiger partial charge on any atom is -0.478 e. The third-order valence-corrected chi connectivity index (χ3v) is 4.19. The number of benzene rings is 1. The molecule has 2 rings (SSSR count). The van der Waals surface area contributed by atoms with E-state index in [1.165, 1.54) is 23.5 Å². The van der Waals surface area contributed by atoms with E-state index in [0.29, 0.717) is 10.6 Å². The highest BCUT2D eigenvalue weighted by atomic mass is 32.1. The summed E-state index contributed by atoms with van der Waals surface area (Å²) in [4.78, 5) is 27.7. The highest BCUT2D eigenvalue weighted by molar-refractivity contribution is 7.13. The summed E-state index contributed by atoms with van der Waals surface area (Å²) < 4.78 is 13.8. The molecule has 1 aromatic carbocycles. The summed E-state index contributed by atoms with van der Waals surface area (Å²) in [6, 6.07) is 3.35. The maximum Gasteiger partial charge on any atom is 0.335 e. The van der Waals surface area contributed by atoms with Crippen LogP contribution in [0, 0.1) is 12.7 Å². The lowest BCUT2D eigenvalue weighted by atomic mass is 10.2. The van der Waals surface area contributed by atoms with Crippen LogP contribution >= 0.6 is 11.3 Å². The molecular formula is C15H15FN2O3S. The molecule has 7 heteroatoms. The maximum absolute atomic E-state index is 13.8. The lowest BCUT2D eigenvalue weighted by molar-refractivity contribution is 0.0696. The van der Waals surface area contributed by atoms with Crippen molar-refractivity contribution >= 4 is 28.9 Å². The van der Waals surface area contributed by atoms with Crippen LogP contribution < -0.4 is 5.32 Å². The first-order valence-electron chi connectivity index (χ1n) is 6.72. The fourth-order valence-electron chi connectivity index (χ4n) is 1.91. The Labute approximate surface area is 130 Å². The Hall–Kier alpha value is -2.28. The van der Waals surface area contributed by atoms with E-state index in [-0.39, 0.29) is 11.3 Å². The van der Waals surface area contributed by atoms with Gasteiger partial charge in [0.05, 0.1) is 22.0 Å². The van der Waals surface area contributed by atoms with Gasteiger partial charge in [-0.3, -0.25) is 4.79 Å². The highest BCUT2D eigenvalue weighted by Gasteiger charge is 2.17. The average Bonchev–Trinajstić information content (AvgIpc) is 2.82. The number of thiazole rings is 1. The third kappa shape index (κ3) is 3.48. The van der Waals surface area contributed by atoms with Crippen LogP contribution in [0.25, 0.3) is 0 Å². The zero-order chi connectivity index (χ0) is 16.3. The Balaban J connectivity index is 2.20. The van der Waals surface area contributed by atoms with Crippen molar-refractivity contribution in [2.45, 2.75) is 26.7 Å². The molecule has 5 nitrogen and oxygen atoms in total. The number of hydrogen-bond donors (Lipinski definition) is 2. The quantitative estimate of drug-likeness (QED) is 0.883. The van der Waals surface area contributed by atoms with Crippen molar-refractivity contribution in [1.82, 2.24) is 4.98 Å². The Morgan fingerprint density at radius 1 is 1.41 bits per heavy atom. The number of amides is 1. The van der Waals surface area contributed by atoms with Gasteiger partial charge in [0.1, 0.15) is 10.7 Å². The molecule has 0 radical (unpaired) electrons. The van der Waals surface area contributed by atoms with E-state index in [1.807, 2.05) is 6.92 Å². The number of halogens is 1. The number of hydrogen-bond acceptors (Lipinski definition) is 4. The van der Waals surface area contributed by atoms with Crippen LogP contribution in [0.3, 0.4) is 0 Å². The standard InChI is InChI=1S/C15H15FN2O3S/c1-3-4-12-17-8(2)13(22-12)14(19)18-11-6-5-9(15(20)21)7-10(11)16/h5-7H,3-4H2,1-2H3,(H,18,19)(H,20,21). The normalized spacial score (nSPS) is 10.5. The SMILES string of the molecule is CCCc1nc(C)c(C(=O)Nc2ccc(C(=O)O)cc2F)s1. The molecule has 0 atom stereocenters. The molecule has 0 aliphatic carbocycles. The van der Waals surface area contributed by atoms with Crippen molar-refractivity contribution in [1.29, 1.82) is 0 Å². The molecule has 0 spiro atoms. The lowest BCUT2D eigenvalue weighted by Gasteiger charge is -2.06. The number of anilines is 1. The van der Waals surface area contributed by atoms with Crippen molar-refractivity contribution < 1.29 is 19.1 Å². The van der Waals surface area contributed by atoms with E-state index in [9.17, 15) is 14.0 Å². The number of aromatic nitrogens is 1. The van der Waals surface area contributed by atoms with Crippen LogP contribution in [0.4, 0.5) is 10.1 Å². The van der Waals surface area contributed by atoms with Gasteiger partial charge in [-0.2, -0.15) is 0 Å². The molecular weight excluding hydrogens is 307 g/mol. The first-order chi connectivity index (χ1) is 10.4. The van der Waals surface area contributed by atoms with Gasteiger partial charge in [0, 0.05) is 0 Å². The van der Waals surface area contributed by atoms with Crippen molar-refractivity contribution in [2.24, 2.45) is 0 Å². The van der Waals surface area contributed by atoms with Crippen LogP contribution in [0.2, 0.25) is 0 Å². The molecule has 0 aliphatic heterocycles. The van der Waals surface area contributed by atoms with Gasteiger partial charge in [0.15, 0.2) is 0 Å². The molecule has 22 heavy (non-hydrogen) atoms. The minimum absolute atomic E-state index is 0.0557. The second kappa shape index (κ2) is 6.65. The molecule has 2 aromatic rings. The van der Waals surface area contributed by atoms with Gasteiger partial charge in [0.25, 0.3) is 5.91 Å². The number of carbonyl (C=O) groups excluding carboxylic acids is 1. The Bertz CT molecular complexity index is 728. The van der Waals surface area contributed by atoms with Gasteiger partial charge >= 0.3 is 5.97 Å². The number of aromatic carboxylic acids is 1. The summed E-state index contributed by atoms with van der Waals surface area (Å²) in [7, 11) is 0. The number of nitrogens with zero attached hydrogens (tertiary/aromatic N) is 1. The Morgan fingerprint density at radius 3 is 2.73 bits per heavy atom. The maximum atomic E-state index is 13.8. The number of carboxylic acid groups (broad SMARTS) is 1. The molecule has 0 bridgehead atoms. The summed E-state index contributed by atoms with van der Waals surface area (Å²) in [6.45, 7) is 3.75. The van der Waals surface area contributed by atoms with E-state index in [0.717, 1.165) is 23.9 Å². The van der Waals surface area contributed by atoms with Gasteiger partial charge in [0.2, 0.25) is 0 Å². The summed E-state index contributed by atoms with van der Waals surface area (Å²) in [5, 5.41) is 12.1. The third-order valence-electron chi connectivity index (χ3n) is 2.98. The van der Waals surface area contributed by atoms with E-state index < -0.39 is 17.7 Å². The summed E-state index contributed by atoms with van der Waals surface area (Å²) >= 11 is 1.29. The zero-order valence-electron chi connectivity index (χ0n) is 12.1. The fraction of sp³-hybridized carbons (Fsp3) is 0.267. The number of nitrogens with one attached hydrogen (secondary N) is 1. The largest absolute Gasteiger partial charge is 0.478 e. The van der Waals surface area contributed by atoms with Gasteiger partial charge in [-0.05, 0) is 38.0 Å². The van der Waals surface area contributed by atoms with E-state index in [2.05, 4.69) is 10.3 Å². The predicted molar refractivity (Wildman–Crippen MR) is 82.2 cm³/mol. The Kier molecular flexibility index (Phi) is 4.87. The molecule has 2 N–H and O–H groups in total. The highest BCUT2D eigenvalue weighted by Crippen LogP contribution is 2.22. The first-order valence-corrected chi connectivity index (χ1v) is 7.54. The van der Waals surface area contributed by atoms with Crippen LogP contribution in [0.1, 0.15) is 44.1 Å². The number of carboxylic acids is 1. The van der Waals surface area contributed by atoms with Crippen LogP contribution in [-0.2, 0) is 6.42 Å². The van der Waals surface area contributed by atoms with Crippen molar-refractivity contribution in [3.63, 3.8) is 0 Å². The van der Waals surface area contributed by atoms with Gasteiger partial charge < -0.3 is 10.4 Å². The predicted octanol–water partition coefficient (Wildman–Crippen LogP) is 3.49. The molecule has 0 saturated heterocycles. The zero-order valence-corrected chi connectivity index (χ0v) is 13.0. The van der Waals surface area contributed by atoms with E-state index in [1.54, 1.807) is 6.92 Å². The summed E-state index contributed by atoms with van der Waals surface area (Å²) in [5.74, 6) is -2.46. The minimum atomic E-state index is -1.22. The van der Waals surface area contributed by atoms with E-state index >= 15 is 0 Å². The monoisotopic (exact) mass is 322 g/mol. The summed E-state index contributed by atoms with van der Waals surface area (Å²) in [6.07, 6.45) is 1.72. The molecule has 0 aliphatic rings. The smallest absolute Gasteiger partial charge is 0.335 e. The van der Waals surface area contributed by atoms with Crippen LogP contribution in [-0.4, -0.2) is 22.0 Å².